The van der Waals surface area contributed by atoms with E-state index in [1.165, 1.54) is 35.1 Å². The summed E-state index contributed by atoms with van der Waals surface area (Å²) in [6.45, 7) is 4.25. The lowest BCUT2D eigenvalue weighted by molar-refractivity contribution is 0.0946. The predicted octanol–water partition coefficient (Wildman–Crippen LogP) is 5.07. The fourth-order valence-corrected chi connectivity index (χ4v) is 3.25. The average molecular weight is 278 g/mol. The summed E-state index contributed by atoms with van der Waals surface area (Å²) in [5.41, 5.74) is 6.05. The smallest absolute Gasteiger partial charge is 0.166 e. The molecule has 0 spiro atoms. The molecule has 0 saturated carbocycles. The van der Waals surface area contributed by atoms with Gasteiger partial charge in [-0.2, -0.15) is 0 Å². The van der Waals surface area contributed by atoms with Crippen molar-refractivity contribution < 1.29 is 4.79 Å². The number of unbranched alkanes of at least 4 members (excludes halogenated alkanes) is 1. The third-order valence-corrected chi connectivity index (χ3v) is 4.46. The molecule has 0 saturated heterocycles. The van der Waals surface area contributed by atoms with Crippen molar-refractivity contribution in [1.82, 2.24) is 0 Å². The van der Waals surface area contributed by atoms with Crippen LogP contribution < -0.4 is 0 Å². The highest BCUT2D eigenvalue weighted by Crippen LogP contribution is 2.35. The Hall–Kier alpha value is -1.89. The maximum absolute atomic E-state index is 12.2. The van der Waals surface area contributed by atoms with Gasteiger partial charge in [-0.25, -0.2) is 0 Å². The molecule has 0 heterocycles. The molecule has 1 unspecified atom stereocenters. The number of carbonyl (C=O) groups is 1. The summed E-state index contributed by atoms with van der Waals surface area (Å²) in [5, 5.41) is 0. The first-order chi connectivity index (χ1) is 10.2. The molecule has 0 radical (unpaired) electrons. The van der Waals surface area contributed by atoms with Crippen molar-refractivity contribution in [3.63, 3.8) is 0 Å². The summed E-state index contributed by atoms with van der Waals surface area (Å²) >= 11 is 0. The molecule has 0 bridgehead atoms. The van der Waals surface area contributed by atoms with E-state index < -0.39 is 0 Å². The van der Waals surface area contributed by atoms with Crippen LogP contribution in [0.15, 0.2) is 42.5 Å². The fraction of sp³-hybridized carbons (Fsp3) is 0.350. The van der Waals surface area contributed by atoms with Crippen LogP contribution in [0.5, 0.6) is 0 Å². The fourth-order valence-electron chi connectivity index (χ4n) is 3.25. The second kappa shape index (κ2) is 5.85. The Kier molecular flexibility index (Phi) is 3.92. The number of rotatable bonds is 4. The number of hydrogen-bond acceptors (Lipinski definition) is 1. The van der Waals surface area contributed by atoms with Crippen molar-refractivity contribution in [2.75, 3.05) is 0 Å². The molecule has 0 N–H and O–H groups in total. The average Bonchev–Trinajstić information content (AvgIpc) is 2.81. The van der Waals surface area contributed by atoms with Gasteiger partial charge in [0.25, 0.3) is 0 Å². The standard InChI is InChI=1S/C20H22O/c1-3-4-7-15-8-5-9-16(13-15)17-10-6-11-18-19(17)12-14(2)20(18)21/h5-6,8-11,13-14H,3-4,7,12H2,1-2H3. The Morgan fingerprint density at radius 2 is 1.86 bits per heavy atom. The van der Waals surface area contributed by atoms with Crippen molar-refractivity contribution in [1.29, 1.82) is 0 Å². The molecule has 0 aliphatic heterocycles. The summed E-state index contributed by atoms with van der Waals surface area (Å²) in [4.78, 5) is 12.2. The normalized spacial score (nSPS) is 17.0. The number of ketones is 1. The number of carbonyl (C=O) groups excluding carboxylic acids is 1. The molecule has 108 valence electrons. The van der Waals surface area contributed by atoms with Gasteiger partial charge < -0.3 is 0 Å². The zero-order valence-electron chi connectivity index (χ0n) is 12.9. The highest BCUT2D eigenvalue weighted by atomic mass is 16.1. The number of hydrogen-bond donors (Lipinski definition) is 0. The van der Waals surface area contributed by atoms with E-state index in [2.05, 4.69) is 37.3 Å². The van der Waals surface area contributed by atoms with Crippen molar-refractivity contribution in [3.05, 3.63) is 59.2 Å². The molecule has 3 rings (SSSR count). The van der Waals surface area contributed by atoms with Crippen LogP contribution in [-0.4, -0.2) is 5.78 Å². The Balaban J connectivity index is 2.01. The SMILES string of the molecule is CCCCc1cccc(-c2cccc3c2CC(C)C3=O)c1. The number of Topliss-reactive ketones (excluding diaryl/α,β-unsaturated/α-hetero) is 1. The lowest BCUT2D eigenvalue weighted by Crippen LogP contribution is -2.02. The van der Waals surface area contributed by atoms with E-state index in [-0.39, 0.29) is 5.92 Å². The predicted molar refractivity (Wildman–Crippen MR) is 87.7 cm³/mol. The summed E-state index contributed by atoms with van der Waals surface area (Å²) in [5.74, 6) is 0.429. The Bertz CT molecular complexity index is 669. The van der Waals surface area contributed by atoms with Gasteiger partial charge >= 0.3 is 0 Å². The van der Waals surface area contributed by atoms with Crippen LogP contribution in [0.4, 0.5) is 0 Å². The molecule has 2 aromatic carbocycles. The number of benzene rings is 2. The minimum Gasteiger partial charge on any atom is -0.294 e. The molecule has 1 atom stereocenters. The first kappa shape index (κ1) is 14.1. The summed E-state index contributed by atoms with van der Waals surface area (Å²) in [6, 6.07) is 14.9. The minimum absolute atomic E-state index is 0.129. The van der Waals surface area contributed by atoms with Crippen LogP contribution in [-0.2, 0) is 12.8 Å². The van der Waals surface area contributed by atoms with E-state index in [9.17, 15) is 4.79 Å². The topological polar surface area (TPSA) is 17.1 Å². The second-order valence-corrected chi connectivity index (χ2v) is 6.11. The van der Waals surface area contributed by atoms with Gasteiger partial charge in [0.05, 0.1) is 0 Å². The highest BCUT2D eigenvalue weighted by molar-refractivity contribution is 6.03. The van der Waals surface area contributed by atoms with Gasteiger partial charge in [0.2, 0.25) is 0 Å². The third-order valence-electron chi connectivity index (χ3n) is 4.46. The molecule has 1 aliphatic rings. The number of fused-ring (bicyclic) bond motifs is 1. The first-order valence-corrected chi connectivity index (χ1v) is 7.96. The zero-order valence-corrected chi connectivity index (χ0v) is 12.9. The van der Waals surface area contributed by atoms with Crippen LogP contribution in [0.2, 0.25) is 0 Å². The summed E-state index contributed by atoms with van der Waals surface area (Å²) < 4.78 is 0. The molecule has 0 fully saturated rings. The maximum Gasteiger partial charge on any atom is 0.166 e. The van der Waals surface area contributed by atoms with E-state index >= 15 is 0 Å². The number of aryl methyl sites for hydroxylation is 1. The van der Waals surface area contributed by atoms with Crippen LogP contribution in [0, 0.1) is 5.92 Å². The molecule has 0 amide bonds. The van der Waals surface area contributed by atoms with E-state index in [1.54, 1.807) is 0 Å². The summed E-state index contributed by atoms with van der Waals surface area (Å²) in [7, 11) is 0. The van der Waals surface area contributed by atoms with Crippen LogP contribution >= 0.6 is 0 Å². The van der Waals surface area contributed by atoms with Gasteiger partial charge in [-0.1, -0.05) is 62.7 Å². The van der Waals surface area contributed by atoms with Crippen molar-refractivity contribution in [3.8, 4) is 11.1 Å². The molecule has 1 heteroatoms. The molecular weight excluding hydrogens is 256 g/mol. The van der Waals surface area contributed by atoms with Gasteiger partial charge in [-0.05, 0) is 41.5 Å². The largest absolute Gasteiger partial charge is 0.294 e. The van der Waals surface area contributed by atoms with Crippen LogP contribution in [0.3, 0.4) is 0 Å². The quantitative estimate of drug-likeness (QED) is 0.763. The lowest BCUT2D eigenvalue weighted by Gasteiger charge is -2.10. The molecule has 0 aromatic heterocycles. The van der Waals surface area contributed by atoms with Gasteiger partial charge in [0, 0.05) is 11.5 Å². The highest BCUT2D eigenvalue weighted by Gasteiger charge is 2.28. The van der Waals surface area contributed by atoms with Gasteiger partial charge in [-0.15, -0.1) is 0 Å². The molecule has 1 nitrogen and oxygen atoms in total. The molecule has 21 heavy (non-hydrogen) atoms. The minimum atomic E-state index is 0.129. The van der Waals surface area contributed by atoms with E-state index in [4.69, 9.17) is 0 Å². The van der Waals surface area contributed by atoms with Crippen molar-refractivity contribution in [2.45, 2.75) is 39.5 Å². The Morgan fingerprint density at radius 1 is 1.10 bits per heavy atom. The maximum atomic E-state index is 12.2. The van der Waals surface area contributed by atoms with Gasteiger partial charge in [0.15, 0.2) is 5.78 Å². The Morgan fingerprint density at radius 3 is 2.67 bits per heavy atom. The van der Waals surface area contributed by atoms with Gasteiger partial charge in [-0.3, -0.25) is 4.79 Å². The monoisotopic (exact) mass is 278 g/mol. The molecule has 1 aliphatic carbocycles. The second-order valence-electron chi connectivity index (χ2n) is 6.11. The molecular formula is C20H22O. The van der Waals surface area contributed by atoms with Crippen LogP contribution in [0.25, 0.3) is 11.1 Å². The van der Waals surface area contributed by atoms with Crippen LogP contribution in [0.1, 0.15) is 48.2 Å². The lowest BCUT2D eigenvalue weighted by atomic mass is 9.94. The zero-order chi connectivity index (χ0) is 14.8. The third kappa shape index (κ3) is 2.65. The van der Waals surface area contributed by atoms with Crippen molar-refractivity contribution >= 4 is 5.78 Å². The Labute approximate surface area is 127 Å². The van der Waals surface area contributed by atoms with Gasteiger partial charge in [0.1, 0.15) is 0 Å². The van der Waals surface area contributed by atoms with Crippen molar-refractivity contribution in [2.24, 2.45) is 5.92 Å². The first-order valence-electron chi connectivity index (χ1n) is 7.96. The molecule has 2 aromatic rings. The van der Waals surface area contributed by atoms with E-state index in [1.807, 2.05) is 19.1 Å². The summed E-state index contributed by atoms with van der Waals surface area (Å²) in [6.07, 6.45) is 4.46. The van der Waals surface area contributed by atoms with E-state index in [0.29, 0.717) is 5.78 Å². The van der Waals surface area contributed by atoms with E-state index in [0.717, 1.165) is 18.4 Å².